The second-order valence-corrected chi connectivity index (χ2v) is 6.06. The molecule has 0 spiro atoms. The number of ether oxygens (including phenoxy) is 2. The highest BCUT2D eigenvalue weighted by atomic mass is 35.5. The highest BCUT2D eigenvalue weighted by molar-refractivity contribution is 5.85. The fourth-order valence-corrected chi connectivity index (χ4v) is 3.16. The van der Waals surface area contributed by atoms with Crippen LogP contribution in [0.4, 0.5) is 0 Å². The Morgan fingerprint density at radius 1 is 1.27 bits per heavy atom. The van der Waals surface area contributed by atoms with Gasteiger partial charge in [-0.1, -0.05) is 18.7 Å². The van der Waals surface area contributed by atoms with Gasteiger partial charge in [0.2, 0.25) is 0 Å². The van der Waals surface area contributed by atoms with E-state index in [0.29, 0.717) is 12.6 Å². The molecule has 1 aliphatic rings. The number of methoxy groups -OCH3 is 1. The van der Waals surface area contributed by atoms with Gasteiger partial charge in [-0.25, -0.2) is 0 Å². The van der Waals surface area contributed by atoms with Crippen molar-refractivity contribution in [3.8, 4) is 11.5 Å². The summed E-state index contributed by atoms with van der Waals surface area (Å²) in [5, 5.41) is 3.49. The lowest BCUT2D eigenvalue weighted by molar-refractivity contribution is 0.153. The molecule has 26 heavy (non-hydrogen) atoms. The first-order valence-corrected chi connectivity index (χ1v) is 8.57. The quantitative estimate of drug-likeness (QED) is 0.753. The van der Waals surface area contributed by atoms with Gasteiger partial charge >= 0.3 is 0 Å². The van der Waals surface area contributed by atoms with Crippen LogP contribution in [0.5, 0.6) is 11.5 Å². The molecule has 1 atom stereocenters. The Bertz CT molecular complexity index is 697. The number of aromatic nitrogens is 1. The van der Waals surface area contributed by atoms with Crippen LogP contribution in [0, 0.1) is 0 Å². The fraction of sp³-hybridized carbons (Fsp3) is 0.350. The average Bonchev–Trinajstić information content (AvgIpc) is 2.68. The van der Waals surface area contributed by atoms with Crippen LogP contribution in [0.1, 0.15) is 17.2 Å². The van der Waals surface area contributed by atoms with Gasteiger partial charge in [0.25, 0.3) is 0 Å². The summed E-state index contributed by atoms with van der Waals surface area (Å²) in [5.41, 5.74) is 2.50. The molecule has 1 N–H and O–H groups in total. The smallest absolute Gasteiger partial charge is 0.161 e. The van der Waals surface area contributed by atoms with Crippen molar-refractivity contribution in [2.45, 2.75) is 12.6 Å². The van der Waals surface area contributed by atoms with Gasteiger partial charge in [0.05, 0.1) is 7.11 Å². The van der Waals surface area contributed by atoms with E-state index >= 15 is 0 Å². The standard InChI is InChI=1S/C20H25N3O2.ClH/c1-3-12-25-19-5-4-16(13-20(19)24-2)15-23-11-10-22-14-18(23)17-6-8-21-9-7-17;/h3-9,13,18,22H,1,10-12,14-15H2,2H3;1H. The third kappa shape index (κ3) is 4.97. The summed E-state index contributed by atoms with van der Waals surface area (Å²) in [6.07, 6.45) is 5.45. The Balaban J connectivity index is 0.00000243. The number of benzene rings is 1. The van der Waals surface area contributed by atoms with E-state index in [-0.39, 0.29) is 12.4 Å². The van der Waals surface area contributed by atoms with Crippen LogP contribution < -0.4 is 14.8 Å². The zero-order valence-electron chi connectivity index (χ0n) is 15.1. The predicted molar refractivity (Wildman–Crippen MR) is 106 cm³/mol. The third-order valence-corrected chi connectivity index (χ3v) is 4.42. The summed E-state index contributed by atoms with van der Waals surface area (Å²) in [5.74, 6) is 1.51. The van der Waals surface area contributed by atoms with Gasteiger partial charge in [0, 0.05) is 44.6 Å². The Morgan fingerprint density at radius 2 is 2.08 bits per heavy atom. The maximum Gasteiger partial charge on any atom is 0.161 e. The molecule has 2 aromatic rings. The van der Waals surface area contributed by atoms with E-state index in [1.807, 2.05) is 18.5 Å². The number of hydrogen-bond donors (Lipinski definition) is 1. The Morgan fingerprint density at radius 3 is 2.81 bits per heavy atom. The minimum atomic E-state index is 0. The second kappa shape index (κ2) is 10.2. The van der Waals surface area contributed by atoms with Crippen LogP contribution in [0.15, 0.2) is 55.4 Å². The van der Waals surface area contributed by atoms with Gasteiger partial charge in [-0.2, -0.15) is 0 Å². The summed E-state index contributed by atoms with van der Waals surface area (Å²) < 4.78 is 11.1. The van der Waals surface area contributed by atoms with E-state index in [9.17, 15) is 0 Å². The number of halogens is 1. The van der Waals surface area contributed by atoms with Crippen molar-refractivity contribution >= 4 is 12.4 Å². The molecule has 0 amide bonds. The number of hydrogen-bond acceptors (Lipinski definition) is 5. The molecule has 1 aliphatic heterocycles. The molecule has 3 rings (SSSR count). The normalized spacial score (nSPS) is 17.2. The summed E-state index contributed by atoms with van der Waals surface area (Å²) >= 11 is 0. The Labute approximate surface area is 161 Å². The molecule has 1 saturated heterocycles. The molecule has 2 heterocycles. The van der Waals surface area contributed by atoms with Crippen molar-refractivity contribution < 1.29 is 9.47 Å². The van der Waals surface area contributed by atoms with Crippen LogP contribution in [-0.4, -0.2) is 43.2 Å². The molecule has 1 aromatic heterocycles. The molecule has 0 bridgehead atoms. The first-order chi connectivity index (χ1) is 12.3. The van der Waals surface area contributed by atoms with E-state index in [2.05, 4.69) is 46.0 Å². The van der Waals surface area contributed by atoms with Crippen molar-refractivity contribution in [2.75, 3.05) is 33.4 Å². The van der Waals surface area contributed by atoms with Crippen molar-refractivity contribution in [3.63, 3.8) is 0 Å². The lowest BCUT2D eigenvalue weighted by Crippen LogP contribution is -2.45. The number of rotatable bonds is 7. The summed E-state index contributed by atoms with van der Waals surface area (Å²) in [6, 6.07) is 10.7. The van der Waals surface area contributed by atoms with Gasteiger partial charge in [-0.15, -0.1) is 12.4 Å². The molecule has 1 fully saturated rings. The first kappa shape index (κ1) is 20.2. The zero-order chi connectivity index (χ0) is 17.5. The lowest BCUT2D eigenvalue weighted by atomic mass is 10.0. The molecule has 0 saturated carbocycles. The molecule has 1 unspecified atom stereocenters. The van der Waals surface area contributed by atoms with Crippen molar-refractivity contribution in [2.24, 2.45) is 0 Å². The van der Waals surface area contributed by atoms with Gasteiger partial charge in [-0.05, 0) is 35.4 Å². The zero-order valence-corrected chi connectivity index (χ0v) is 15.9. The summed E-state index contributed by atoms with van der Waals surface area (Å²) in [7, 11) is 1.67. The summed E-state index contributed by atoms with van der Waals surface area (Å²) in [4.78, 5) is 6.62. The Kier molecular flexibility index (Phi) is 7.91. The van der Waals surface area contributed by atoms with Gasteiger partial charge < -0.3 is 14.8 Å². The summed E-state index contributed by atoms with van der Waals surface area (Å²) in [6.45, 7) is 7.97. The van der Waals surface area contributed by atoms with E-state index in [1.54, 1.807) is 13.2 Å². The van der Waals surface area contributed by atoms with Crippen LogP contribution >= 0.6 is 12.4 Å². The van der Waals surface area contributed by atoms with E-state index in [0.717, 1.165) is 37.7 Å². The van der Waals surface area contributed by atoms with Crippen LogP contribution in [0.3, 0.4) is 0 Å². The third-order valence-electron chi connectivity index (χ3n) is 4.42. The van der Waals surface area contributed by atoms with Gasteiger partial charge in [0.15, 0.2) is 11.5 Å². The highest BCUT2D eigenvalue weighted by Gasteiger charge is 2.24. The predicted octanol–water partition coefficient (Wildman–Crippen LogP) is 3.22. The molecular weight excluding hydrogens is 350 g/mol. The fourth-order valence-electron chi connectivity index (χ4n) is 3.16. The molecule has 1 aromatic carbocycles. The maximum atomic E-state index is 5.64. The monoisotopic (exact) mass is 375 g/mol. The number of piperazine rings is 1. The van der Waals surface area contributed by atoms with Crippen LogP contribution in [0.25, 0.3) is 0 Å². The minimum Gasteiger partial charge on any atom is -0.493 e. The SMILES string of the molecule is C=CCOc1ccc(CN2CCNCC2c2ccncc2)cc1OC.Cl. The minimum absolute atomic E-state index is 0. The van der Waals surface area contributed by atoms with E-state index < -0.39 is 0 Å². The van der Waals surface area contributed by atoms with Crippen molar-refractivity contribution in [1.82, 2.24) is 15.2 Å². The molecule has 6 heteroatoms. The number of nitrogens with zero attached hydrogens (tertiary/aromatic N) is 2. The molecule has 0 radical (unpaired) electrons. The first-order valence-electron chi connectivity index (χ1n) is 8.57. The topological polar surface area (TPSA) is 46.6 Å². The average molecular weight is 376 g/mol. The van der Waals surface area contributed by atoms with E-state index in [4.69, 9.17) is 9.47 Å². The van der Waals surface area contributed by atoms with Crippen molar-refractivity contribution in [3.05, 3.63) is 66.5 Å². The van der Waals surface area contributed by atoms with Crippen LogP contribution in [0.2, 0.25) is 0 Å². The Hall–Kier alpha value is -2.08. The highest BCUT2D eigenvalue weighted by Crippen LogP contribution is 2.30. The lowest BCUT2D eigenvalue weighted by Gasteiger charge is -2.36. The van der Waals surface area contributed by atoms with Crippen LogP contribution in [-0.2, 0) is 6.54 Å². The largest absolute Gasteiger partial charge is 0.493 e. The molecular formula is C20H26ClN3O2. The maximum absolute atomic E-state index is 5.64. The molecule has 140 valence electrons. The molecule has 5 nitrogen and oxygen atoms in total. The molecule has 0 aliphatic carbocycles. The second-order valence-electron chi connectivity index (χ2n) is 6.06. The van der Waals surface area contributed by atoms with Gasteiger partial charge in [-0.3, -0.25) is 9.88 Å². The van der Waals surface area contributed by atoms with E-state index in [1.165, 1.54) is 11.1 Å². The van der Waals surface area contributed by atoms with Gasteiger partial charge in [0.1, 0.15) is 6.61 Å². The number of pyridine rings is 1. The number of nitrogens with one attached hydrogen (secondary N) is 1. The van der Waals surface area contributed by atoms with Crippen molar-refractivity contribution in [1.29, 1.82) is 0 Å².